The number of hydrogen-bond acceptors (Lipinski definition) is 9. The van der Waals surface area contributed by atoms with Crippen molar-refractivity contribution < 1.29 is 18.7 Å². The van der Waals surface area contributed by atoms with Crippen LogP contribution in [0.5, 0.6) is 0 Å². The van der Waals surface area contributed by atoms with E-state index in [4.69, 9.17) is 26.2 Å². The van der Waals surface area contributed by atoms with E-state index in [2.05, 4.69) is 26.5 Å². The van der Waals surface area contributed by atoms with Gasteiger partial charge in [0.1, 0.15) is 17.7 Å². The SMILES string of the molecule is N#Cc1cnc2c(cnn2C2=NCC(CC(F)COCCOCCN)(C(N)=O)C(NC3CC3)=C2)c1. The van der Waals surface area contributed by atoms with E-state index in [-0.39, 0.29) is 32.2 Å². The number of pyridine rings is 1. The third-order valence-electron chi connectivity index (χ3n) is 5.97. The second kappa shape index (κ2) is 10.9. The molecule has 1 saturated carbocycles. The van der Waals surface area contributed by atoms with Crippen LogP contribution in [-0.4, -0.2) is 78.2 Å². The van der Waals surface area contributed by atoms with E-state index in [1.165, 1.54) is 10.9 Å². The Kier molecular flexibility index (Phi) is 7.70. The van der Waals surface area contributed by atoms with Crippen LogP contribution in [0.3, 0.4) is 0 Å². The minimum absolute atomic E-state index is 0.0408. The third-order valence-corrected chi connectivity index (χ3v) is 5.97. The highest BCUT2D eigenvalue weighted by molar-refractivity contribution is 6.02. The molecule has 0 saturated heterocycles. The number of nitrogens with one attached hydrogen (secondary N) is 1. The van der Waals surface area contributed by atoms with Gasteiger partial charge in [-0.05, 0) is 18.9 Å². The number of hydrogen-bond donors (Lipinski definition) is 3. The first kappa shape index (κ1) is 24.7. The predicted molar refractivity (Wildman–Crippen MR) is 126 cm³/mol. The molecule has 1 aliphatic carbocycles. The van der Waals surface area contributed by atoms with E-state index in [1.807, 2.05) is 0 Å². The van der Waals surface area contributed by atoms with Crippen molar-refractivity contribution >= 4 is 22.8 Å². The van der Waals surface area contributed by atoms with Crippen molar-refractivity contribution in [3.8, 4) is 6.07 Å². The summed E-state index contributed by atoms with van der Waals surface area (Å²) in [4.78, 5) is 21.6. The van der Waals surface area contributed by atoms with Gasteiger partial charge in [0.05, 0.1) is 44.7 Å². The molecule has 3 heterocycles. The number of carbonyl (C=O) groups is 1. The molecular formula is C23H29FN8O3. The minimum atomic E-state index is -1.44. The number of nitrogens with two attached hydrogens (primary N) is 2. The molecule has 35 heavy (non-hydrogen) atoms. The monoisotopic (exact) mass is 484 g/mol. The molecule has 4 rings (SSSR count). The highest BCUT2D eigenvalue weighted by atomic mass is 19.1. The van der Waals surface area contributed by atoms with Crippen LogP contribution in [-0.2, 0) is 14.3 Å². The van der Waals surface area contributed by atoms with Gasteiger partial charge in [-0.15, -0.1) is 0 Å². The molecule has 2 atom stereocenters. The number of primary amides is 1. The number of ether oxygens (including phenoxy) is 2. The summed E-state index contributed by atoms with van der Waals surface area (Å²) >= 11 is 0. The number of alkyl halides is 1. The van der Waals surface area contributed by atoms with Gasteiger partial charge in [-0.25, -0.2) is 9.37 Å². The van der Waals surface area contributed by atoms with Crippen molar-refractivity contribution in [2.75, 3.05) is 39.5 Å². The van der Waals surface area contributed by atoms with Crippen molar-refractivity contribution in [3.05, 3.63) is 35.8 Å². The van der Waals surface area contributed by atoms with E-state index >= 15 is 0 Å². The van der Waals surface area contributed by atoms with Gasteiger partial charge in [0.25, 0.3) is 0 Å². The Balaban J connectivity index is 1.54. The number of dihydropyridines is 1. The van der Waals surface area contributed by atoms with Crippen molar-refractivity contribution in [1.29, 1.82) is 5.26 Å². The van der Waals surface area contributed by atoms with Gasteiger partial charge in [-0.1, -0.05) is 0 Å². The van der Waals surface area contributed by atoms with Gasteiger partial charge < -0.3 is 26.3 Å². The zero-order valence-electron chi connectivity index (χ0n) is 19.3. The summed E-state index contributed by atoms with van der Waals surface area (Å²) < 4.78 is 27.1. The number of carbonyl (C=O) groups excluding carboxylic acids is 1. The Labute approximate surface area is 202 Å². The smallest absolute Gasteiger partial charge is 0.231 e. The molecule has 2 unspecified atom stereocenters. The highest BCUT2D eigenvalue weighted by Gasteiger charge is 2.46. The normalized spacial score (nSPS) is 20.7. The number of amides is 1. The minimum Gasteiger partial charge on any atom is -0.385 e. The Morgan fingerprint density at radius 1 is 1.34 bits per heavy atom. The third kappa shape index (κ3) is 5.64. The molecule has 0 bridgehead atoms. The van der Waals surface area contributed by atoms with Crippen molar-refractivity contribution in [2.24, 2.45) is 21.9 Å². The quantitative estimate of drug-likeness (QED) is 0.364. The largest absolute Gasteiger partial charge is 0.385 e. The lowest BCUT2D eigenvalue weighted by Crippen LogP contribution is -2.50. The molecule has 0 spiro atoms. The number of rotatable bonds is 12. The lowest BCUT2D eigenvalue weighted by molar-refractivity contribution is -0.127. The van der Waals surface area contributed by atoms with Crippen LogP contribution >= 0.6 is 0 Å². The summed E-state index contributed by atoms with van der Waals surface area (Å²) in [5.41, 5.74) is 11.3. The van der Waals surface area contributed by atoms with Gasteiger partial charge in [-0.3, -0.25) is 9.79 Å². The Bertz CT molecular complexity index is 1170. The first-order chi connectivity index (χ1) is 17.0. The molecule has 2 aromatic rings. The fourth-order valence-corrected chi connectivity index (χ4v) is 3.96. The lowest BCUT2D eigenvalue weighted by Gasteiger charge is -2.36. The average molecular weight is 485 g/mol. The van der Waals surface area contributed by atoms with Gasteiger partial charge in [-0.2, -0.15) is 15.0 Å². The van der Waals surface area contributed by atoms with Gasteiger partial charge in [0.15, 0.2) is 11.5 Å². The molecule has 5 N–H and O–H groups in total. The summed E-state index contributed by atoms with van der Waals surface area (Å²) in [5.74, 6) is -0.211. The second-order valence-corrected chi connectivity index (χ2v) is 8.68. The molecule has 0 aromatic carbocycles. The highest BCUT2D eigenvalue weighted by Crippen LogP contribution is 2.37. The average Bonchev–Trinajstić information content (AvgIpc) is 3.57. The summed E-state index contributed by atoms with van der Waals surface area (Å²) in [5, 5.41) is 17.5. The molecule has 1 aliphatic heterocycles. The van der Waals surface area contributed by atoms with Crippen LogP contribution in [0.15, 0.2) is 35.2 Å². The van der Waals surface area contributed by atoms with E-state index < -0.39 is 17.5 Å². The van der Waals surface area contributed by atoms with Crippen LogP contribution in [0.2, 0.25) is 0 Å². The number of nitrogens with zero attached hydrogens (tertiary/aromatic N) is 5. The zero-order valence-corrected chi connectivity index (χ0v) is 19.3. The zero-order chi connectivity index (χ0) is 24.8. The molecule has 11 nitrogen and oxygen atoms in total. The van der Waals surface area contributed by atoms with Gasteiger partial charge >= 0.3 is 0 Å². The summed E-state index contributed by atoms with van der Waals surface area (Å²) in [6.07, 6.45) is 5.04. The molecule has 12 heteroatoms. The van der Waals surface area contributed by atoms with Gasteiger partial charge in [0.2, 0.25) is 5.91 Å². The van der Waals surface area contributed by atoms with E-state index in [1.54, 1.807) is 18.3 Å². The van der Waals surface area contributed by atoms with Crippen LogP contribution in [0.1, 0.15) is 24.8 Å². The van der Waals surface area contributed by atoms with E-state index in [0.29, 0.717) is 47.9 Å². The van der Waals surface area contributed by atoms with Gasteiger partial charge in [0, 0.05) is 42.4 Å². The number of allylic oxidation sites excluding steroid dienone is 1. The van der Waals surface area contributed by atoms with Crippen LogP contribution in [0.25, 0.3) is 11.0 Å². The summed E-state index contributed by atoms with van der Waals surface area (Å²) in [6, 6.07) is 3.93. The van der Waals surface area contributed by atoms with Crippen molar-refractivity contribution in [1.82, 2.24) is 20.1 Å². The van der Waals surface area contributed by atoms with E-state index in [9.17, 15) is 9.18 Å². The van der Waals surface area contributed by atoms with E-state index in [0.717, 1.165) is 12.8 Å². The predicted octanol–water partition coefficient (Wildman–Crippen LogP) is 0.391. The molecule has 1 amide bonds. The fourth-order valence-electron chi connectivity index (χ4n) is 3.96. The first-order valence-corrected chi connectivity index (χ1v) is 11.5. The molecule has 2 aliphatic rings. The summed E-state index contributed by atoms with van der Waals surface area (Å²) in [6.45, 7) is 1.12. The van der Waals surface area contributed by atoms with Crippen LogP contribution in [0.4, 0.5) is 4.39 Å². The van der Waals surface area contributed by atoms with Crippen molar-refractivity contribution in [3.63, 3.8) is 0 Å². The maximum Gasteiger partial charge on any atom is 0.231 e. The lowest BCUT2D eigenvalue weighted by atomic mass is 9.77. The summed E-state index contributed by atoms with van der Waals surface area (Å²) in [7, 11) is 0. The number of aliphatic imine (C=N–C) groups is 1. The fraction of sp³-hybridized carbons (Fsp3) is 0.522. The Hall–Kier alpha value is -3.40. The Morgan fingerprint density at radius 2 is 2.14 bits per heavy atom. The van der Waals surface area contributed by atoms with Crippen LogP contribution < -0.4 is 16.8 Å². The number of nitriles is 1. The number of halogens is 1. The standard InChI is InChI=1S/C23H29FN8O3/c24-17(13-35-6-5-34-4-3-25)9-23(22(27)33)14-29-20(8-19(23)31-18-1-2-18)32-21-16(12-30-32)7-15(10-26)11-28-21/h7-8,11-12,17-18,31H,1-6,9,13-14,25H2,(H2,27,33). The number of fused-ring (bicyclic) bond motifs is 1. The number of aromatic nitrogens is 3. The molecule has 2 aromatic heterocycles. The second-order valence-electron chi connectivity index (χ2n) is 8.68. The topological polar surface area (TPSA) is 166 Å². The molecule has 1 fully saturated rings. The molecular weight excluding hydrogens is 455 g/mol. The van der Waals surface area contributed by atoms with Crippen LogP contribution in [0, 0.1) is 16.7 Å². The molecule has 186 valence electrons. The Morgan fingerprint density at radius 3 is 2.86 bits per heavy atom. The first-order valence-electron chi connectivity index (χ1n) is 11.5. The van der Waals surface area contributed by atoms with Crippen molar-refractivity contribution in [2.45, 2.75) is 31.5 Å². The maximum atomic E-state index is 15.0. The molecule has 0 radical (unpaired) electrons. The maximum absolute atomic E-state index is 15.0.